The molecule has 0 amide bonds. The SMILES string of the molecule is CCOCCOCC(O)CNCc1cccc([N+](=O)[O-])c1. The quantitative estimate of drug-likeness (QED) is 0.361. The molecule has 7 heteroatoms. The van der Waals surface area contributed by atoms with Crippen molar-refractivity contribution in [1.29, 1.82) is 0 Å². The van der Waals surface area contributed by atoms with Crippen LogP contribution in [0, 0.1) is 10.1 Å². The lowest BCUT2D eigenvalue weighted by atomic mass is 10.2. The predicted molar refractivity (Wildman–Crippen MR) is 78.1 cm³/mol. The third-order valence-electron chi connectivity index (χ3n) is 2.72. The molecule has 118 valence electrons. The summed E-state index contributed by atoms with van der Waals surface area (Å²) in [6.45, 7) is 4.58. The lowest BCUT2D eigenvalue weighted by Crippen LogP contribution is -2.30. The molecule has 0 aliphatic heterocycles. The topological polar surface area (TPSA) is 93.9 Å². The van der Waals surface area contributed by atoms with Gasteiger partial charge in [0.2, 0.25) is 0 Å². The molecule has 1 rings (SSSR count). The van der Waals surface area contributed by atoms with Crippen LogP contribution in [0.25, 0.3) is 0 Å². The van der Waals surface area contributed by atoms with Gasteiger partial charge in [-0.25, -0.2) is 0 Å². The summed E-state index contributed by atoms with van der Waals surface area (Å²) in [6.07, 6.45) is -0.620. The normalized spacial score (nSPS) is 12.3. The summed E-state index contributed by atoms with van der Waals surface area (Å²) in [5, 5.41) is 23.4. The number of nitrogens with zero attached hydrogens (tertiary/aromatic N) is 1. The van der Waals surface area contributed by atoms with Crippen molar-refractivity contribution in [2.45, 2.75) is 19.6 Å². The highest BCUT2D eigenvalue weighted by molar-refractivity contribution is 5.34. The molecule has 0 spiro atoms. The molecule has 0 saturated carbocycles. The summed E-state index contributed by atoms with van der Waals surface area (Å²) in [6, 6.07) is 6.40. The van der Waals surface area contributed by atoms with Crippen LogP contribution in [0.1, 0.15) is 12.5 Å². The molecule has 0 radical (unpaired) electrons. The van der Waals surface area contributed by atoms with Gasteiger partial charge in [0.15, 0.2) is 0 Å². The van der Waals surface area contributed by atoms with E-state index in [9.17, 15) is 15.2 Å². The Labute approximate surface area is 124 Å². The average Bonchev–Trinajstić information content (AvgIpc) is 2.47. The highest BCUT2D eigenvalue weighted by Gasteiger charge is 2.07. The van der Waals surface area contributed by atoms with Gasteiger partial charge in [-0.05, 0) is 12.5 Å². The van der Waals surface area contributed by atoms with Crippen molar-refractivity contribution in [1.82, 2.24) is 5.32 Å². The zero-order chi connectivity index (χ0) is 15.5. The van der Waals surface area contributed by atoms with Crippen molar-refractivity contribution < 1.29 is 19.5 Å². The second-order valence-electron chi connectivity index (χ2n) is 4.48. The van der Waals surface area contributed by atoms with Crippen molar-refractivity contribution in [3.05, 3.63) is 39.9 Å². The summed E-state index contributed by atoms with van der Waals surface area (Å²) in [5.41, 5.74) is 0.864. The zero-order valence-corrected chi connectivity index (χ0v) is 12.2. The second-order valence-corrected chi connectivity index (χ2v) is 4.48. The number of nitrogens with one attached hydrogen (secondary N) is 1. The highest BCUT2D eigenvalue weighted by atomic mass is 16.6. The Kier molecular flexibility index (Phi) is 8.53. The second kappa shape index (κ2) is 10.2. The molecule has 0 aliphatic rings. The van der Waals surface area contributed by atoms with Crippen molar-refractivity contribution in [3.63, 3.8) is 0 Å². The summed E-state index contributed by atoms with van der Waals surface area (Å²) in [7, 11) is 0. The maximum absolute atomic E-state index is 10.6. The highest BCUT2D eigenvalue weighted by Crippen LogP contribution is 2.12. The number of rotatable bonds is 11. The van der Waals surface area contributed by atoms with E-state index in [4.69, 9.17) is 9.47 Å². The van der Waals surface area contributed by atoms with Gasteiger partial charge in [0.05, 0.1) is 30.8 Å². The number of hydrogen-bond acceptors (Lipinski definition) is 6. The van der Waals surface area contributed by atoms with Crippen molar-refractivity contribution in [3.8, 4) is 0 Å². The molecule has 2 N–H and O–H groups in total. The molecule has 0 heterocycles. The first-order chi connectivity index (χ1) is 10.1. The van der Waals surface area contributed by atoms with Gasteiger partial charge >= 0.3 is 0 Å². The van der Waals surface area contributed by atoms with E-state index in [0.717, 1.165) is 5.56 Å². The standard InChI is InChI=1S/C14H22N2O5/c1-2-20-6-7-21-11-14(17)10-15-9-12-4-3-5-13(8-12)16(18)19/h3-5,8,14-15,17H,2,6-7,9-11H2,1H3. The van der Waals surface area contributed by atoms with E-state index in [1.807, 2.05) is 6.92 Å². The van der Waals surface area contributed by atoms with Crippen LogP contribution in [0.3, 0.4) is 0 Å². The van der Waals surface area contributed by atoms with Crippen LogP contribution in [-0.2, 0) is 16.0 Å². The minimum atomic E-state index is -0.620. The van der Waals surface area contributed by atoms with E-state index in [1.165, 1.54) is 12.1 Å². The smallest absolute Gasteiger partial charge is 0.269 e. The molecule has 7 nitrogen and oxygen atoms in total. The minimum absolute atomic E-state index is 0.0640. The van der Waals surface area contributed by atoms with Gasteiger partial charge in [-0.1, -0.05) is 12.1 Å². The van der Waals surface area contributed by atoms with Crippen molar-refractivity contribution in [2.75, 3.05) is 33.0 Å². The largest absolute Gasteiger partial charge is 0.389 e. The van der Waals surface area contributed by atoms with Crippen LogP contribution in [0.4, 0.5) is 5.69 Å². The monoisotopic (exact) mass is 298 g/mol. The fourth-order valence-electron chi connectivity index (χ4n) is 1.70. The molecule has 1 atom stereocenters. The summed E-state index contributed by atoms with van der Waals surface area (Å²) >= 11 is 0. The lowest BCUT2D eigenvalue weighted by Gasteiger charge is -2.12. The number of aliphatic hydroxyl groups is 1. The summed E-state index contributed by atoms with van der Waals surface area (Å²) in [4.78, 5) is 10.2. The fourth-order valence-corrected chi connectivity index (χ4v) is 1.70. The van der Waals surface area contributed by atoms with Gasteiger partial charge in [-0.15, -0.1) is 0 Å². The van der Waals surface area contributed by atoms with E-state index in [1.54, 1.807) is 12.1 Å². The Morgan fingerprint density at radius 2 is 2.14 bits per heavy atom. The van der Waals surface area contributed by atoms with Gasteiger partial charge in [0.1, 0.15) is 0 Å². The average molecular weight is 298 g/mol. The molecule has 0 bridgehead atoms. The number of nitro benzene ring substituents is 1. The molecule has 0 fully saturated rings. The van der Waals surface area contributed by atoms with Crippen LogP contribution in [0.15, 0.2) is 24.3 Å². The van der Waals surface area contributed by atoms with Crippen LogP contribution in [0.2, 0.25) is 0 Å². The molecule has 21 heavy (non-hydrogen) atoms. The summed E-state index contributed by atoms with van der Waals surface area (Å²) < 4.78 is 10.4. The maximum atomic E-state index is 10.6. The molecule has 0 saturated heterocycles. The van der Waals surface area contributed by atoms with Gasteiger partial charge in [0, 0.05) is 31.8 Å². The Bertz CT molecular complexity index is 428. The maximum Gasteiger partial charge on any atom is 0.269 e. The minimum Gasteiger partial charge on any atom is -0.389 e. The fraction of sp³-hybridized carbons (Fsp3) is 0.571. The molecule has 1 unspecified atom stereocenters. The Morgan fingerprint density at radius 1 is 1.38 bits per heavy atom. The Balaban J connectivity index is 2.17. The van der Waals surface area contributed by atoms with Crippen molar-refractivity contribution >= 4 is 5.69 Å². The van der Waals surface area contributed by atoms with Gasteiger partial charge in [0.25, 0.3) is 5.69 Å². The first-order valence-electron chi connectivity index (χ1n) is 6.91. The number of aliphatic hydroxyl groups excluding tert-OH is 1. The number of non-ortho nitro benzene ring substituents is 1. The number of hydrogen-bond donors (Lipinski definition) is 2. The predicted octanol–water partition coefficient (Wildman–Crippen LogP) is 1.10. The number of ether oxygens (including phenoxy) is 2. The van der Waals surface area contributed by atoms with E-state index in [2.05, 4.69) is 5.32 Å². The molecular weight excluding hydrogens is 276 g/mol. The third kappa shape index (κ3) is 7.72. The molecule has 1 aromatic rings. The van der Waals surface area contributed by atoms with E-state index >= 15 is 0 Å². The van der Waals surface area contributed by atoms with E-state index < -0.39 is 11.0 Å². The van der Waals surface area contributed by atoms with Gasteiger partial charge in [-0.2, -0.15) is 0 Å². The Morgan fingerprint density at radius 3 is 2.86 bits per heavy atom. The Hall–Kier alpha value is -1.54. The van der Waals surface area contributed by atoms with Gasteiger partial charge in [-0.3, -0.25) is 10.1 Å². The third-order valence-corrected chi connectivity index (χ3v) is 2.72. The first kappa shape index (κ1) is 17.5. The van der Waals surface area contributed by atoms with Gasteiger partial charge < -0.3 is 19.9 Å². The molecule has 0 aliphatic carbocycles. The number of nitro groups is 1. The lowest BCUT2D eigenvalue weighted by molar-refractivity contribution is -0.384. The molecular formula is C14H22N2O5. The van der Waals surface area contributed by atoms with Crippen LogP contribution < -0.4 is 5.32 Å². The zero-order valence-electron chi connectivity index (χ0n) is 12.2. The van der Waals surface area contributed by atoms with Crippen LogP contribution in [0.5, 0.6) is 0 Å². The van der Waals surface area contributed by atoms with E-state index in [0.29, 0.717) is 32.9 Å². The van der Waals surface area contributed by atoms with Crippen LogP contribution >= 0.6 is 0 Å². The number of benzene rings is 1. The van der Waals surface area contributed by atoms with Crippen molar-refractivity contribution in [2.24, 2.45) is 0 Å². The first-order valence-corrected chi connectivity index (χ1v) is 6.91. The molecule has 0 aromatic heterocycles. The van der Waals surface area contributed by atoms with E-state index in [-0.39, 0.29) is 12.3 Å². The summed E-state index contributed by atoms with van der Waals surface area (Å²) in [5.74, 6) is 0. The molecule has 1 aromatic carbocycles. The van der Waals surface area contributed by atoms with Crippen LogP contribution in [-0.4, -0.2) is 49.1 Å².